The minimum Gasteiger partial charge on any atom is -0.507 e. The number of pyridine rings is 1. The van der Waals surface area contributed by atoms with Gasteiger partial charge in [-0.1, -0.05) is 30.3 Å². The molecule has 4 unspecified atom stereocenters. The molecule has 4 aromatic rings. The molecule has 2 aliphatic heterocycles. The van der Waals surface area contributed by atoms with E-state index in [1.807, 2.05) is 0 Å². The number of methoxy groups -OCH3 is 1. The van der Waals surface area contributed by atoms with Crippen molar-refractivity contribution >= 4 is 46.0 Å². The molecule has 8 rings (SSSR count). The minimum absolute atomic E-state index is 0.0317. The molecule has 7 atom stereocenters. The monoisotopic (exact) mass is 886 g/mol. The fraction of sp³-hybridized carbons (Fsp3) is 0.400. The maximum atomic E-state index is 15.0. The molecule has 0 radical (unpaired) electrons. The van der Waals surface area contributed by atoms with E-state index < -0.39 is 144 Å². The van der Waals surface area contributed by atoms with Crippen LogP contribution in [0.2, 0.25) is 0 Å². The molecule has 336 valence electrons. The van der Waals surface area contributed by atoms with E-state index in [0.29, 0.717) is 15.8 Å². The van der Waals surface area contributed by atoms with Crippen molar-refractivity contribution in [2.24, 2.45) is 0 Å². The summed E-state index contributed by atoms with van der Waals surface area (Å²) in [5, 5.41) is 61.9. The van der Waals surface area contributed by atoms with Crippen LogP contribution in [0.15, 0.2) is 54.7 Å². The molecule has 0 spiro atoms. The van der Waals surface area contributed by atoms with Gasteiger partial charge in [0.15, 0.2) is 11.6 Å². The van der Waals surface area contributed by atoms with E-state index in [1.165, 1.54) is 44.5 Å². The number of para-hydroxylation sites is 1. The highest BCUT2D eigenvalue weighted by atomic mass is 19.3. The number of Topliss-reactive ketones (excluding diaryl/α,β-unsaturated/α-hetero) is 1. The number of carbonyl (C=O) groups excluding carboxylic acids is 6. The number of phenols is 2. The fourth-order valence-corrected chi connectivity index (χ4v) is 9.71. The van der Waals surface area contributed by atoms with Crippen LogP contribution in [0.25, 0.3) is 10.9 Å². The van der Waals surface area contributed by atoms with Gasteiger partial charge in [-0.25, -0.2) is 8.78 Å². The van der Waals surface area contributed by atoms with Crippen molar-refractivity contribution in [2.45, 2.75) is 86.9 Å². The van der Waals surface area contributed by atoms with Gasteiger partial charge in [-0.2, -0.15) is 0 Å². The molecule has 19 heteroatoms. The lowest BCUT2D eigenvalue weighted by molar-refractivity contribution is -0.148. The van der Waals surface area contributed by atoms with Gasteiger partial charge in [-0.3, -0.25) is 33.8 Å². The van der Waals surface area contributed by atoms with Gasteiger partial charge >= 0.3 is 0 Å². The molecule has 7 N–H and O–H groups in total. The Kier molecular flexibility index (Phi) is 11.5. The second-order valence-electron chi connectivity index (χ2n) is 16.8. The van der Waals surface area contributed by atoms with E-state index in [0.717, 1.165) is 0 Å². The van der Waals surface area contributed by atoms with Gasteiger partial charge in [0.2, 0.25) is 17.6 Å². The number of likely N-dealkylation sites (tertiary alicyclic amines) is 1. The molecule has 2 saturated heterocycles. The average Bonchev–Trinajstić information content (AvgIpc) is 3.61. The number of nitrogens with one attached hydrogen (secondary N) is 2. The zero-order valence-electron chi connectivity index (χ0n) is 34.5. The smallest absolute Gasteiger partial charge is 0.267 e. The predicted molar refractivity (Wildman–Crippen MR) is 218 cm³/mol. The van der Waals surface area contributed by atoms with Gasteiger partial charge in [-0.05, 0) is 50.3 Å². The highest BCUT2D eigenvalue weighted by Crippen LogP contribution is 2.53. The Morgan fingerprint density at radius 3 is 2.45 bits per heavy atom. The summed E-state index contributed by atoms with van der Waals surface area (Å²) in [6.45, 7) is -1.46. The van der Waals surface area contributed by atoms with E-state index in [9.17, 15) is 63.1 Å². The number of aliphatic hydroxyl groups is 3. The highest BCUT2D eigenvalue weighted by molar-refractivity contribution is 6.31. The van der Waals surface area contributed by atoms with Crippen LogP contribution >= 0.6 is 0 Å². The van der Waals surface area contributed by atoms with E-state index in [-0.39, 0.29) is 46.4 Å². The first-order valence-electron chi connectivity index (χ1n) is 20.5. The van der Waals surface area contributed by atoms with Crippen LogP contribution in [0.4, 0.5) is 8.78 Å². The number of halogens is 2. The zero-order valence-corrected chi connectivity index (χ0v) is 34.5. The van der Waals surface area contributed by atoms with Crippen LogP contribution in [0, 0.1) is 0 Å². The summed E-state index contributed by atoms with van der Waals surface area (Å²) in [4.78, 5) is 86.2. The van der Waals surface area contributed by atoms with E-state index >= 15 is 0 Å². The maximum Gasteiger partial charge on any atom is 0.267 e. The minimum atomic E-state index is -3.48. The third kappa shape index (κ3) is 7.61. The van der Waals surface area contributed by atoms with Gasteiger partial charge in [0.1, 0.15) is 41.6 Å². The Labute approximate surface area is 363 Å². The molecule has 3 amide bonds. The van der Waals surface area contributed by atoms with Gasteiger partial charge < -0.3 is 50.5 Å². The molecule has 2 aliphatic carbocycles. The van der Waals surface area contributed by atoms with Crippen molar-refractivity contribution in [1.82, 2.24) is 20.5 Å². The summed E-state index contributed by atoms with van der Waals surface area (Å²) in [6.07, 6.45) is -4.58. The first-order valence-corrected chi connectivity index (χ1v) is 20.5. The Morgan fingerprint density at radius 1 is 0.984 bits per heavy atom. The highest BCUT2D eigenvalue weighted by Gasteiger charge is 2.52. The van der Waals surface area contributed by atoms with Crippen molar-refractivity contribution in [2.75, 3.05) is 26.8 Å². The quantitative estimate of drug-likeness (QED) is 0.0988. The van der Waals surface area contributed by atoms with E-state index in [1.54, 1.807) is 24.3 Å². The Morgan fingerprint density at radius 2 is 1.72 bits per heavy atom. The zero-order chi connectivity index (χ0) is 46.0. The molecule has 2 fully saturated rings. The predicted octanol–water partition coefficient (Wildman–Crippen LogP) is 1.83. The number of rotatable bonds is 10. The van der Waals surface area contributed by atoms with Crippen LogP contribution in [-0.4, -0.2) is 139 Å². The number of aliphatic hydroxyl groups excluding tert-OH is 2. The lowest BCUT2D eigenvalue weighted by Gasteiger charge is -2.43. The number of aromatic nitrogens is 1. The molecule has 17 nitrogen and oxygen atoms in total. The molecular formula is C45H44F2N4O13. The van der Waals surface area contributed by atoms with Gasteiger partial charge in [0.25, 0.3) is 11.8 Å². The lowest BCUT2D eigenvalue weighted by atomic mass is 9.67. The molecule has 1 aromatic heterocycles. The summed E-state index contributed by atoms with van der Waals surface area (Å²) in [5.74, 6) is -11.4. The number of phenolic OH excluding ortho intramolecular Hbond substituents is 2. The Hall–Kier alpha value is -6.41. The molecule has 0 saturated carbocycles. The molecule has 3 heterocycles. The van der Waals surface area contributed by atoms with Crippen LogP contribution in [0.5, 0.6) is 17.2 Å². The van der Waals surface area contributed by atoms with Gasteiger partial charge in [-0.15, -0.1) is 0 Å². The maximum absolute atomic E-state index is 15.0. The summed E-state index contributed by atoms with van der Waals surface area (Å²) >= 11 is 0. The number of ether oxygens (including phenoxy) is 2. The normalized spacial score (nSPS) is 25.8. The summed E-state index contributed by atoms with van der Waals surface area (Å²) in [6, 6.07) is 9.58. The van der Waals surface area contributed by atoms with Crippen molar-refractivity contribution < 1.29 is 72.6 Å². The molecule has 0 bridgehead atoms. The first kappa shape index (κ1) is 44.2. The van der Waals surface area contributed by atoms with Crippen LogP contribution in [-0.2, 0) is 25.5 Å². The van der Waals surface area contributed by atoms with Crippen LogP contribution in [0.1, 0.15) is 91.9 Å². The van der Waals surface area contributed by atoms with E-state index in [4.69, 9.17) is 9.47 Å². The van der Waals surface area contributed by atoms with Gasteiger partial charge in [0.05, 0.1) is 66.2 Å². The number of amides is 3. The standard InChI is InChI=1S/C45H44F2N4O13/c1-20-37(55)28(50-43(61)29-16-45(46,47)19-51(29)32(54)17-49-42(60)24-10-11-48-27-8-4-3-6-23(24)27)13-22(64-20)12-21-14-44(62,31(53)18-52)15-26-33(21)40(58)36-35(39(26)57)38(56)25-7-5-9-30(63-2)34(25)41(36)59/h3-11,20-22,28-29,37,52,55,57-58,62H,12-19H2,1-2H3,(H,49,60)(H,50,61)/t20?,21-,22?,28?,29-,37?,44+/m0/s1. The average molecular weight is 887 g/mol. The summed E-state index contributed by atoms with van der Waals surface area (Å²) in [5.41, 5.74) is -3.29. The lowest BCUT2D eigenvalue weighted by Crippen LogP contribution is -2.58. The van der Waals surface area contributed by atoms with Crippen LogP contribution < -0.4 is 15.4 Å². The molecule has 64 heavy (non-hydrogen) atoms. The Balaban J connectivity index is 1.04. The number of hydrogen-bond donors (Lipinski definition) is 7. The number of carbonyl (C=O) groups is 6. The number of alkyl halides is 2. The number of hydrogen-bond acceptors (Lipinski definition) is 14. The second-order valence-corrected chi connectivity index (χ2v) is 16.8. The molecule has 3 aromatic carbocycles. The van der Waals surface area contributed by atoms with Crippen LogP contribution in [0.3, 0.4) is 0 Å². The number of nitrogens with zero attached hydrogens (tertiary/aromatic N) is 2. The third-order valence-corrected chi connectivity index (χ3v) is 12.8. The summed E-state index contributed by atoms with van der Waals surface area (Å²) in [7, 11) is 1.28. The Bertz CT molecular complexity index is 2640. The van der Waals surface area contributed by atoms with Crippen molar-refractivity contribution in [3.05, 3.63) is 93.7 Å². The topological polar surface area (TPSA) is 262 Å². The van der Waals surface area contributed by atoms with E-state index in [2.05, 4.69) is 15.6 Å². The third-order valence-electron chi connectivity index (χ3n) is 12.8. The largest absolute Gasteiger partial charge is 0.507 e. The number of aromatic hydroxyl groups is 2. The van der Waals surface area contributed by atoms with Crippen molar-refractivity contribution in [3.63, 3.8) is 0 Å². The first-order chi connectivity index (χ1) is 30.4. The second kappa shape index (κ2) is 16.6. The van der Waals surface area contributed by atoms with Crippen molar-refractivity contribution in [1.29, 1.82) is 0 Å². The molecule has 4 aliphatic rings. The molecular weight excluding hydrogens is 843 g/mol. The SMILES string of the molecule is COc1cccc2c1C(=O)c1c(O)c3c(c(O)c1C2=O)C[C@@](O)(C(=O)CO)C[C@@H]3CC1CC(NC(=O)[C@@H]2CC(F)(F)CN2C(=O)CNC(=O)c2ccnc3ccccc23)C(O)C(C)O1. The number of ketones is 3. The van der Waals surface area contributed by atoms with Gasteiger partial charge in [0, 0.05) is 41.1 Å². The number of fused-ring (bicyclic) bond motifs is 4. The summed E-state index contributed by atoms with van der Waals surface area (Å²) < 4.78 is 41.3. The number of benzene rings is 3. The van der Waals surface area contributed by atoms with Crippen molar-refractivity contribution in [3.8, 4) is 17.2 Å². The fourth-order valence-electron chi connectivity index (χ4n) is 9.71.